The van der Waals surface area contributed by atoms with Crippen molar-refractivity contribution in [2.24, 2.45) is 0 Å². The number of hydrogen-bond donors (Lipinski definition) is 2. The van der Waals surface area contributed by atoms with Gasteiger partial charge in [0.1, 0.15) is 17.1 Å². The fourth-order valence-electron chi connectivity index (χ4n) is 4.97. The molecule has 14 heteroatoms. The number of ether oxygens (including phenoxy) is 2. The van der Waals surface area contributed by atoms with Crippen LogP contribution in [-0.4, -0.2) is 47.7 Å². The van der Waals surface area contributed by atoms with Crippen molar-refractivity contribution in [2.45, 2.75) is 56.0 Å². The van der Waals surface area contributed by atoms with Crippen molar-refractivity contribution in [1.82, 2.24) is 15.1 Å². The number of aromatic nitrogens is 2. The van der Waals surface area contributed by atoms with Crippen LogP contribution in [0.25, 0.3) is 5.57 Å². The maximum Gasteiger partial charge on any atom is 0.416 e. The van der Waals surface area contributed by atoms with Crippen LogP contribution in [0, 0.1) is 0 Å². The van der Waals surface area contributed by atoms with E-state index in [0.717, 1.165) is 25.0 Å². The van der Waals surface area contributed by atoms with E-state index in [0.29, 0.717) is 5.75 Å². The molecule has 5 rings (SSSR count). The molecule has 44 heavy (non-hydrogen) atoms. The van der Waals surface area contributed by atoms with E-state index in [1.54, 1.807) is 23.0 Å². The normalized spacial score (nSPS) is 19.0. The third-order valence-corrected chi connectivity index (χ3v) is 7.42. The Morgan fingerprint density at radius 2 is 1.68 bits per heavy atom. The maximum absolute atomic E-state index is 15.0. The third-order valence-electron chi connectivity index (χ3n) is 7.42. The molecule has 0 radical (unpaired) electrons. The number of benzene rings is 2. The number of amides is 2. The van der Waals surface area contributed by atoms with Gasteiger partial charge in [-0.2, -0.15) is 31.4 Å². The largest absolute Gasteiger partial charge is 0.497 e. The Balaban J connectivity index is 1.49. The van der Waals surface area contributed by atoms with Crippen molar-refractivity contribution in [3.8, 4) is 11.5 Å². The summed E-state index contributed by atoms with van der Waals surface area (Å²) in [7, 11) is 1.46. The van der Waals surface area contributed by atoms with Crippen LogP contribution in [0.1, 0.15) is 49.4 Å². The maximum atomic E-state index is 15.0. The average molecular weight is 623 g/mol. The van der Waals surface area contributed by atoms with E-state index in [2.05, 4.69) is 10.4 Å². The molecule has 2 heterocycles. The second-order valence-electron chi connectivity index (χ2n) is 10.6. The lowest BCUT2D eigenvalue weighted by atomic mass is 9.77. The summed E-state index contributed by atoms with van der Waals surface area (Å²) in [6.45, 7) is -0.288. The number of methoxy groups -OCH3 is 1. The molecule has 1 atom stereocenters. The quantitative estimate of drug-likeness (QED) is 0.157. The van der Waals surface area contributed by atoms with Gasteiger partial charge in [-0.25, -0.2) is 0 Å². The first-order chi connectivity index (χ1) is 20.8. The minimum Gasteiger partial charge on any atom is -0.497 e. The van der Waals surface area contributed by atoms with Crippen molar-refractivity contribution >= 4 is 23.1 Å². The van der Waals surface area contributed by atoms with Gasteiger partial charge in [-0.1, -0.05) is 12.1 Å². The number of anilines is 1. The zero-order valence-corrected chi connectivity index (χ0v) is 23.4. The summed E-state index contributed by atoms with van der Waals surface area (Å²) < 4.78 is 94.1. The number of rotatable bonds is 10. The number of halogens is 6. The van der Waals surface area contributed by atoms with Crippen molar-refractivity contribution in [2.75, 3.05) is 19.0 Å². The highest BCUT2D eigenvalue weighted by molar-refractivity contribution is 6.28. The second-order valence-corrected chi connectivity index (χ2v) is 10.6. The first-order valence-electron chi connectivity index (χ1n) is 13.7. The van der Waals surface area contributed by atoms with Gasteiger partial charge in [0, 0.05) is 30.3 Å². The van der Waals surface area contributed by atoms with E-state index in [4.69, 9.17) is 9.47 Å². The molecule has 3 aromatic rings. The zero-order chi connectivity index (χ0) is 31.7. The van der Waals surface area contributed by atoms with Crippen LogP contribution in [0.4, 0.5) is 32.0 Å². The van der Waals surface area contributed by atoms with Crippen molar-refractivity contribution in [1.29, 1.82) is 0 Å². The standard InChI is InChI=1S/C30H28F6N4O4/c1-43-21-11-5-19(6-12-21)37-26(41)25-23(24-13-15-40(39-24)20-7-8-20)17-28(30(34,35)36,38-27(25)42)18-3-9-22(10-4-18)44-16-2-14-29(31,32)33/h3-6,9-13,15,20H,2,7-8,14,16-17H2,1H3,(H,37,41)(H,38,42). The number of hydrogen-bond acceptors (Lipinski definition) is 5. The lowest BCUT2D eigenvalue weighted by Gasteiger charge is -2.41. The Kier molecular flexibility index (Phi) is 8.36. The molecule has 0 bridgehead atoms. The highest BCUT2D eigenvalue weighted by Gasteiger charge is 2.60. The predicted octanol–water partition coefficient (Wildman–Crippen LogP) is 6.32. The Hall–Kier alpha value is -4.49. The summed E-state index contributed by atoms with van der Waals surface area (Å²) >= 11 is 0. The number of carbonyl (C=O) groups excluding carboxylic acids is 2. The third kappa shape index (κ3) is 6.68. The van der Waals surface area contributed by atoms with Crippen LogP contribution in [-0.2, 0) is 15.1 Å². The molecule has 1 aliphatic carbocycles. The lowest BCUT2D eigenvalue weighted by molar-refractivity contribution is -0.201. The molecule has 1 fully saturated rings. The van der Waals surface area contributed by atoms with Gasteiger partial charge in [-0.05, 0) is 67.3 Å². The highest BCUT2D eigenvalue weighted by Crippen LogP contribution is 2.49. The summed E-state index contributed by atoms with van der Waals surface area (Å²) in [6.07, 6.45) is -8.31. The molecule has 8 nitrogen and oxygen atoms in total. The van der Waals surface area contributed by atoms with Crippen LogP contribution >= 0.6 is 0 Å². The van der Waals surface area contributed by atoms with Crippen LogP contribution in [0.15, 0.2) is 66.4 Å². The molecule has 2 aliphatic rings. The van der Waals surface area contributed by atoms with E-state index in [9.17, 15) is 35.9 Å². The van der Waals surface area contributed by atoms with E-state index >= 15 is 0 Å². The van der Waals surface area contributed by atoms with Gasteiger partial charge in [-0.15, -0.1) is 0 Å². The number of alkyl halides is 6. The second kappa shape index (κ2) is 11.9. The summed E-state index contributed by atoms with van der Waals surface area (Å²) in [5.74, 6) is -1.59. The molecular weight excluding hydrogens is 594 g/mol. The molecule has 2 aromatic carbocycles. The van der Waals surface area contributed by atoms with Crippen molar-refractivity contribution < 1.29 is 45.4 Å². The molecule has 1 saturated carbocycles. The fourth-order valence-corrected chi connectivity index (χ4v) is 4.97. The van der Waals surface area contributed by atoms with Crippen LogP contribution in [0.5, 0.6) is 11.5 Å². The molecule has 1 unspecified atom stereocenters. The molecule has 0 saturated heterocycles. The Bertz CT molecular complexity index is 1540. The fraction of sp³-hybridized carbons (Fsp3) is 0.367. The SMILES string of the molecule is COc1ccc(NC(=O)C2=C(c3ccn(C4CC4)n3)CC(c3ccc(OCCCC(F)(F)F)cc3)(C(F)(F)F)NC2=O)cc1. The van der Waals surface area contributed by atoms with E-state index in [-0.39, 0.29) is 47.3 Å². The van der Waals surface area contributed by atoms with Crippen LogP contribution in [0.2, 0.25) is 0 Å². The minimum absolute atomic E-state index is 0.0601. The number of nitrogens with one attached hydrogen (secondary N) is 2. The summed E-state index contributed by atoms with van der Waals surface area (Å²) in [5.41, 5.74) is -3.64. The molecule has 234 valence electrons. The van der Waals surface area contributed by atoms with E-state index in [1.165, 1.54) is 37.4 Å². The van der Waals surface area contributed by atoms with Crippen LogP contribution in [0.3, 0.4) is 0 Å². The summed E-state index contributed by atoms with van der Waals surface area (Å²) in [5, 5.41) is 9.04. The minimum atomic E-state index is -5.03. The first kappa shape index (κ1) is 31.0. The molecule has 1 aliphatic heterocycles. The lowest BCUT2D eigenvalue weighted by Crippen LogP contribution is -2.59. The smallest absolute Gasteiger partial charge is 0.416 e. The van der Waals surface area contributed by atoms with Gasteiger partial charge < -0.3 is 20.1 Å². The predicted molar refractivity (Wildman–Crippen MR) is 147 cm³/mol. The van der Waals surface area contributed by atoms with Crippen LogP contribution < -0.4 is 20.1 Å². The van der Waals surface area contributed by atoms with Gasteiger partial charge in [0.25, 0.3) is 11.8 Å². The molecule has 1 aromatic heterocycles. The van der Waals surface area contributed by atoms with Gasteiger partial charge in [0.05, 0.1) is 25.5 Å². The highest BCUT2D eigenvalue weighted by atomic mass is 19.4. The van der Waals surface area contributed by atoms with E-state index in [1.807, 2.05) is 5.32 Å². The number of nitrogens with zero attached hydrogens (tertiary/aromatic N) is 2. The molecule has 2 N–H and O–H groups in total. The van der Waals surface area contributed by atoms with Crippen molar-refractivity contribution in [3.05, 3.63) is 77.6 Å². The van der Waals surface area contributed by atoms with Crippen molar-refractivity contribution in [3.63, 3.8) is 0 Å². The van der Waals surface area contributed by atoms with Gasteiger partial charge >= 0.3 is 12.4 Å². The van der Waals surface area contributed by atoms with E-state index < -0.39 is 48.1 Å². The molecule has 2 amide bonds. The summed E-state index contributed by atoms with van der Waals surface area (Å²) in [4.78, 5) is 27.0. The Morgan fingerprint density at radius 3 is 2.27 bits per heavy atom. The molecular formula is C30H28F6N4O4. The average Bonchev–Trinajstić information content (AvgIpc) is 3.70. The van der Waals surface area contributed by atoms with Gasteiger partial charge in [0.2, 0.25) is 0 Å². The number of carbonyl (C=O) groups is 2. The molecule has 0 spiro atoms. The first-order valence-corrected chi connectivity index (χ1v) is 13.7. The van der Waals surface area contributed by atoms with Gasteiger partial charge in [-0.3, -0.25) is 14.3 Å². The van der Waals surface area contributed by atoms with Gasteiger partial charge in [0.15, 0.2) is 5.54 Å². The zero-order valence-electron chi connectivity index (χ0n) is 23.4. The Labute approximate surface area is 248 Å². The summed E-state index contributed by atoms with van der Waals surface area (Å²) in [6, 6.07) is 12.3. The topological polar surface area (TPSA) is 94.5 Å². The monoisotopic (exact) mass is 622 g/mol. The Morgan fingerprint density at radius 1 is 1.02 bits per heavy atom.